The predicted octanol–water partition coefficient (Wildman–Crippen LogP) is -0.578. The summed E-state index contributed by atoms with van der Waals surface area (Å²) in [6.45, 7) is -0.617. The Labute approximate surface area is 171 Å². The Morgan fingerprint density at radius 2 is 1.80 bits per heavy atom. The van der Waals surface area contributed by atoms with E-state index in [-0.39, 0.29) is 17.0 Å². The molecular weight excluding hydrogens is 398 g/mol. The van der Waals surface area contributed by atoms with Gasteiger partial charge in [-0.1, -0.05) is 6.07 Å². The molecule has 5 atom stereocenters. The monoisotopic (exact) mass is 419 g/mol. The highest BCUT2D eigenvalue weighted by molar-refractivity contribution is 6.13. The first-order valence-electron chi connectivity index (χ1n) is 9.09. The molecule has 10 nitrogen and oxygen atoms in total. The smallest absolute Gasteiger partial charge is 0.229 e. The molecule has 1 aromatic heterocycles. The Kier molecular flexibility index (Phi) is 6.75. The molecule has 2 aromatic rings. The fourth-order valence-corrected chi connectivity index (χ4v) is 2.98. The van der Waals surface area contributed by atoms with Crippen molar-refractivity contribution in [1.29, 1.82) is 0 Å². The van der Waals surface area contributed by atoms with Crippen molar-refractivity contribution in [1.82, 2.24) is 4.98 Å². The van der Waals surface area contributed by atoms with Crippen LogP contribution in [0.1, 0.15) is 27.3 Å². The van der Waals surface area contributed by atoms with Crippen molar-refractivity contribution in [3.63, 3.8) is 0 Å². The van der Waals surface area contributed by atoms with Crippen molar-refractivity contribution in [3.05, 3.63) is 53.9 Å². The number of benzene rings is 1. The zero-order valence-corrected chi connectivity index (χ0v) is 15.7. The summed E-state index contributed by atoms with van der Waals surface area (Å²) in [6, 6.07) is 8.36. The van der Waals surface area contributed by atoms with Crippen molar-refractivity contribution in [2.24, 2.45) is 0 Å². The van der Waals surface area contributed by atoms with Crippen molar-refractivity contribution >= 4 is 11.6 Å². The number of ether oxygens (including phenoxy) is 2. The Bertz CT molecular complexity index is 902. The van der Waals surface area contributed by atoms with Crippen LogP contribution >= 0.6 is 0 Å². The third kappa shape index (κ3) is 4.64. The van der Waals surface area contributed by atoms with E-state index in [1.54, 1.807) is 12.1 Å². The number of nitrogens with zero attached hydrogens (tertiary/aromatic N) is 1. The maximum atomic E-state index is 12.4. The van der Waals surface area contributed by atoms with E-state index in [4.69, 9.17) is 9.47 Å². The Morgan fingerprint density at radius 1 is 1.03 bits per heavy atom. The van der Waals surface area contributed by atoms with Crippen LogP contribution in [0.3, 0.4) is 0 Å². The molecule has 1 aliphatic rings. The second-order valence-electron chi connectivity index (χ2n) is 6.73. The maximum absolute atomic E-state index is 12.4. The topological polar surface area (TPSA) is 167 Å². The lowest BCUT2D eigenvalue weighted by Crippen LogP contribution is -2.60. The van der Waals surface area contributed by atoms with Gasteiger partial charge in [0.2, 0.25) is 6.29 Å². The number of ketones is 2. The fraction of sp³-hybridized carbons (Fsp3) is 0.350. The van der Waals surface area contributed by atoms with Crippen molar-refractivity contribution < 1.29 is 44.6 Å². The van der Waals surface area contributed by atoms with Gasteiger partial charge in [0, 0.05) is 12.3 Å². The van der Waals surface area contributed by atoms with Crippen LogP contribution in [0.15, 0.2) is 42.6 Å². The molecule has 1 aromatic carbocycles. The molecule has 0 saturated carbocycles. The Morgan fingerprint density at radius 3 is 2.43 bits per heavy atom. The quantitative estimate of drug-likeness (QED) is 0.289. The molecule has 0 aliphatic carbocycles. The van der Waals surface area contributed by atoms with E-state index in [0.29, 0.717) is 0 Å². The molecule has 1 aliphatic heterocycles. The number of aliphatic hydroxyl groups excluding tert-OH is 4. The molecule has 0 spiro atoms. The highest BCUT2D eigenvalue weighted by Gasteiger charge is 2.44. The normalized spacial score (nSPS) is 26.2. The van der Waals surface area contributed by atoms with E-state index in [0.717, 1.165) is 6.07 Å². The first-order valence-corrected chi connectivity index (χ1v) is 9.09. The molecular formula is C20H21NO9. The van der Waals surface area contributed by atoms with E-state index in [9.17, 15) is 35.1 Å². The number of aromatic nitrogens is 1. The minimum Gasteiger partial charge on any atom is -0.507 e. The average molecular weight is 419 g/mol. The SMILES string of the molecule is O=C(CC(=O)c1ccc(O[C@@H]2O[C@H](CO)[C@@H](O)[C@H](O)[C@H]2O)cc1O)c1ccccn1. The van der Waals surface area contributed by atoms with Gasteiger partial charge in [-0.25, -0.2) is 0 Å². The summed E-state index contributed by atoms with van der Waals surface area (Å²) >= 11 is 0. The number of hydrogen-bond donors (Lipinski definition) is 5. The Balaban J connectivity index is 1.69. The van der Waals surface area contributed by atoms with Gasteiger partial charge in [0.05, 0.1) is 18.6 Å². The first kappa shape index (κ1) is 21.8. The van der Waals surface area contributed by atoms with Gasteiger partial charge in [0.25, 0.3) is 0 Å². The number of carbonyl (C=O) groups excluding carboxylic acids is 2. The molecule has 0 bridgehead atoms. The minimum atomic E-state index is -1.62. The van der Waals surface area contributed by atoms with Crippen LogP contribution < -0.4 is 4.74 Å². The number of Topliss-reactive ketones (excluding diaryl/α,β-unsaturated/α-hetero) is 2. The van der Waals surface area contributed by atoms with E-state index >= 15 is 0 Å². The highest BCUT2D eigenvalue weighted by Crippen LogP contribution is 2.29. The molecule has 0 radical (unpaired) electrons. The van der Waals surface area contributed by atoms with Gasteiger partial charge >= 0.3 is 0 Å². The summed E-state index contributed by atoms with van der Waals surface area (Å²) in [7, 11) is 0. The molecule has 1 fully saturated rings. The van der Waals surface area contributed by atoms with E-state index in [2.05, 4.69) is 4.98 Å². The zero-order chi connectivity index (χ0) is 21.8. The van der Waals surface area contributed by atoms with Gasteiger partial charge in [0.15, 0.2) is 11.6 Å². The van der Waals surface area contributed by atoms with Gasteiger partial charge in [0.1, 0.15) is 41.6 Å². The second kappa shape index (κ2) is 9.28. The minimum absolute atomic E-state index is 0.00979. The number of phenolic OH excluding ortho intramolecular Hbond substituents is 1. The number of aliphatic hydroxyl groups is 4. The number of rotatable bonds is 7. The third-order valence-electron chi connectivity index (χ3n) is 4.64. The van der Waals surface area contributed by atoms with Crippen molar-refractivity contribution in [2.45, 2.75) is 37.1 Å². The lowest BCUT2D eigenvalue weighted by molar-refractivity contribution is -0.277. The largest absolute Gasteiger partial charge is 0.507 e. The van der Waals surface area contributed by atoms with Gasteiger partial charge in [-0.15, -0.1) is 0 Å². The van der Waals surface area contributed by atoms with E-state index in [1.165, 1.54) is 24.4 Å². The van der Waals surface area contributed by atoms with Gasteiger partial charge < -0.3 is 35.0 Å². The third-order valence-corrected chi connectivity index (χ3v) is 4.64. The van der Waals surface area contributed by atoms with Gasteiger partial charge in [-0.05, 0) is 24.3 Å². The molecule has 5 N–H and O–H groups in total. The summed E-state index contributed by atoms with van der Waals surface area (Å²) in [4.78, 5) is 28.4. The number of pyridine rings is 1. The van der Waals surface area contributed by atoms with Crippen molar-refractivity contribution in [3.8, 4) is 11.5 Å². The molecule has 0 amide bonds. The lowest BCUT2D eigenvalue weighted by Gasteiger charge is -2.39. The van der Waals surface area contributed by atoms with Crippen LogP contribution in [0.25, 0.3) is 0 Å². The first-order chi connectivity index (χ1) is 14.3. The standard InChI is InChI=1S/C20H21NO9/c22-9-16-17(26)18(27)19(28)20(30-16)29-10-4-5-11(13(23)7-10)14(24)8-15(25)12-3-1-2-6-21-12/h1-7,16-20,22-23,26-28H,8-9H2/t16-,17-,18+,19-,20-/m1/s1. The van der Waals surface area contributed by atoms with Gasteiger partial charge in [-0.3, -0.25) is 14.6 Å². The number of hydrogen-bond acceptors (Lipinski definition) is 10. The zero-order valence-electron chi connectivity index (χ0n) is 15.7. The number of phenols is 1. The molecule has 2 heterocycles. The summed E-state index contributed by atoms with van der Waals surface area (Å²) in [5.74, 6) is -1.59. The molecule has 0 unspecified atom stereocenters. The second-order valence-corrected chi connectivity index (χ2v) is 6.73. The van der Waals surface area contributed by atoms with Crippen LogP contribution in [0.5, 0.6) is 11.5 Å². The van der Waals surface area contributed by atoms with Crippen LogP contribution in [0.2, 0.25) is 0 Å². The van der Waals surface area contributed by atoms with E-state index < -0.39 is 61.0 Å². The molecule has 30 heavy (non-hydrogen) atoms. The predicted molar refractivity (Wildman–Crippen MR) is 100 cm³/mol. The molecule has 10 heteroatoms. The lowest BCUT2D eigenvalue weighted by atomic mass is 9.99. The van der Waals surface area contributed by atoms with Crippen LogP contribution in [-0.4, -0.2) is 79.4 Å². The summed E-state index contributed by atoms with van der Waals surface area (Å²) in [6.07, 6.45) is -6.42. The molecule has 160 valence electrons. The van der Waals surface area contributed by atoms with Crippen molar-refractivity contribution in [2.75, 3.05) is 6.61 Å². The van der Waals surface area contributed by atoms with Gasteiger partial charge in [-0.2, -0.15) is 0 Å². The number of aromatic hydroxyl groups is 1. The molecule has 3 rings (SSSR count). The maximum Gasteiger partial charge on any atom is 0.229 e. The fourth-order valence-electron chi connectivity index (χ4n) is 2.98. The Hall–Kier alpha value is -2.89. The molecule has 1 saturated heterocycles. The summed E-state index contributed by atoms with van der Waals surface area (Å²) < 4.78 is 10.6. The highest BCUT2D eigenvalue weighted by atomic mass is 16.7. The van der Waals surface area contributed by atoms with E-state index in [1.807, 2.05) is 0 Å². The van der Waals surface area contributed by atoms with Crippen LogP contribution in [-0.2, 0) is 4.74 Å². The average Bonchev–Trinajstić information content (AvgIpc) is 2.74. The summed E-state index contributed by atoms with van der Waals surface area (Å²) in [5, 5.41) is 48.9. The summed E-state index contributed by atoms with van der Waals surface area (Å²) in [5.41, 5.74) is 0.0216. The number of carbonyl (C=O) groups is 2. The van der Waals surface area contributed by atoms with Crippen LogP contribution in [0.4, 0.5) is 0 Å². The van der Waals surface area contributed by atoms with Crippen LogP contribution in [0, 0.1) is 0 Å².